The van der Waals surface area contributed by atoms with Crippen LogP contribution in [0.25, 0.3) is 0 Å². The predicted molar refractivity (Wildman–Crippen MR) is 33.5 cm³/mol. The Morgan fingerprint density at radius 1 is 1.27 bits per heavy atom. The molecule has 0 aliphatic rings. The Morgan fingerprint density at radius 2 is 1.73 bits per heavy atom. The number of aliphatic hydroxyl groups excluding tert-OH is 2. The summed E-state index contributed by atoms with van der Waals surface area (Å²) in [6.45, 7) is 0.978. The summed E-state index contributed by atoms with van der Waals surface area (Å²) < 4.78 is 0. The largest absolute Gasteiger partial charge is 0.382 e. The van der Waals surface area contributed by atoms with Crippen molar-refractivity contribution in [2.24, 2.45) is 5.18 Å². The van der Waals surface area contributed by atoms with Crippen molar-refractivity contribution >= 4 is 11.7 Å². The second-order valence-electron chi connectivity index (χ2n) is 1.93. The molecule has 0 bridgehead atoms. The number of nitroso groups, excluding NO2 is 1. The van der Waals surface area contributed by atoms with Gasteiger partial charge in [-0.05, 0) is 6.92 Å². The molecule has 0 radical (unpaired) electrons. The molecule has 11 heavy (non-hydrogen) atoms. The zero-order chi connectivity index (χ0) is 9.02. The highest BCUT2D eigenvalue weighted by Gasteiger charge is 2.28. The Kier molecular flexibility index (Phi) is 3.49. The smallest absolute Gasteiger partial charge is 0.317 e. The third-order valence-electron chi connectivity index (χ3n) is 1.06. The van der Waals surface area contributed by atoms with Crippen molar-refractivity contribution in [2.45, 2.75) is 19.1 Å². The first kappa shape index (κ1) is 9.86. The number of hydrogen-bond acceptors (Lipinski definition) is 5. The summed E-state index contributed by atoms with van der Waals surface area (Å²) >= 11 is 0. The van der Waals surface area contributed by atoms with Crippen LogP contribution in [0.1, 0.15) is 6.92 Å². The van der Waals surface area contributed by atoms with E-state index in [4.69, 9.17) is 10.2 Å². The Labute approximate surface area is 61.8 Å². The van der Waals surface area contributed by atoms with Crippen LogP contribution >= 0.6 is 0 Å². The van der Waals surface area contributed by atoms with Crippen molar-refractivity contribution in [3.05, 3.63) is 4.91 Å². The molecule has 6 nitrogen and oxygen atoms in total. The summed E-state index contributed by atoms with van der Waals surface area (Å²) in [5.74, 6) is -2.25. The van der Waals surface area contributed by atoms with Crippen molar-refractivity contribution in [1.29, 1.82) is 0 Å². The molecule has 0 aromatic carbocycles. The molecule has 0 heterocycles. The summed E-state index contributed by atoms with van der Waals surface area (Å²) in [7, 11) is 0. The fraction of sp³-hybridized carbons (Fsp3) is 0.600. The number of ketones is 1. The van der Waals surface area contributed by atoms with Crippen LogP contribution in [0, 0.1) is 4.91 Å². The van der Waals surface area contributed by atoms with E-state index in [1.807, 2.05) is 5.18 Å². The second kappa shape index (κ2) is 3.89. The van der Waals surface area contributed by atoms with Gasteiger partial charge in [-0.2, -0.15) is 0 Å². The van der Waals surface area contributed by atoms with E-state index in [9.17, 15) is 14.5 Å². The summed E-state index contributed by atoms with van der Waals surface area (Å²) in [5, 5.41) is 19.2. The number of carbonyl (C=O) groups is 2. The van der Waals surface area contributed by atoms with Crippen molar-refractivity contribution in [3.8, 4) is 0 Å². The number of nitrogens with zero attached hydrogens (tertiary/aromatic N) is 1. The molecule has 0 saturated carbocycles. The molecular formula is C5H7NO5. The molecule has 1 amide bonds. The highest BCUT2D eigenvalue weighted by molar-refractivity contribution is 5.90. The van der Waals surface area contributed by atoms with E-state index in [1.165, 1.54) is 0 Å². The van der Waals surface area contributed by atoms with Crippen molar-refractivity contribution in [1.82, 2.24) is 0 Å². The molecule has 6 heteroatoms. The minimum absolute atomic E-state index is 0.797. The fourth-order valence-electron chi connectivity index (χ4n) is 0.411. The molecule has 2 N–H and O–H groups in total. The standard InChI is InChI=1S/C5H7NO5/c1-2(7)3(8)4(9)5(10)6-11/h3-4,8-9H,1H3/t3-,4+/m0/s1. The zero-order valence-corrected chi connectivity index (χ0v) is 5.72. The average Bonchev–Trinajstić information content (AvgIpc) is 2.00. The molecule has 0 aliphatic heterocycles. The number of rotatable bonds is 3. The Hall–Kier alpha value is -1.14. The van der Waals surface area contributed by atoms with Gasteiger partial charge in [0.05, 0.1) is 0 Å². The third-order valence-corrected chi connectivity index (χ3v) is 1.06. The topological polar surface area (TPSA) is 104 Å². The monoisotopic (exact) mass is 161 g/mol. The Bertz CT molecular complexity index is 189. The molecule has 0 aliphatic carbocycles. The van der Waals surface area contributed by atoms with E-state index >= 15 is 0 Å². The van der Waals surface area contributed by atoms with E-state index in [0.717, 1.165) is 6.92 Å². The quantitative estimate of drug-likeness (QED) is 0.495. The molecule has 0 fully saturated rings. The van der Waals surface area contributed by atoms with Gasteiger partial charge in [0.15, 0.2) is 11.9 Å². The fourth-order valence-corrected chi connectivity index (χ4v) is 0.411. The van der Waals surface area contributed by atoms with Gasteiger partial charge in [-0.25, -0.2) is 0 Å². The first-order chi connectivity index (χ1) is 5.00. The van der Waals surface area contributed by atoms with E-state index in [0.29, 0.717) is 0 Å². The van der Waals surface area contributed by atoms with Gasteiger partial charge >= 0.3 is 5.91 Å². The first-order valence-electron chi connectivity index (χ1n) is 2.74. The van der Waals surface area contributed by atoms with Gasteiger partial charge in [0.25, 0.3) is 0 Å². The minimum Gasteiger partial charge on any atom is -0.382 e. The van der Waals surface area contributed by atoms with E-state index in [2.05, 4.69) is 0 Å². The lowest BCUT2D eigenvalue weighted by Gasteiger charge is -2.08. The van der Waals surface area contributed by atoms with Crippen molar-refractivity contribution in [2.75, 3.05) is 0 Å². The molecule has 0 unspecified atom stereocenters. The molecule has 0 saturated heterocycles. The maximum atomic E-state index is 10.3. The van der Waals surface area contributed by atoms with E-state index in [1.54, 1.807) is 0 Å². The van der Waals surface area contributed by atoms with E-state index < -0.39 is 23.9 Å². The molecule has 0 aromatic rings. The lowest BCUT2D eigenvalue weighted by molar-refractivity contribution is -0.141. The van der Waals surface area contributed by atoms with Gasteiger partial charge in [-0.3, -0.25) is 9.59 Å². The summed E-state index contributed by atoms with van der Waals surface area (Å²) in [6, 6.07) is 0. The highest BCUT2D eigenvalue weighted by Crippen LogP contribution is 1.96. The third kappa shape index (κ3) is 2.52. The zero-order valence-electron chi connectivity index (χ0n) is 5.72. The molecule has 0 spiro atoms. The summed E-state index contributed by atoms with van der Waals surface area (Å²) in [5.41, 5.74) is 0. The number of Topliss-reactive ketones (excluding diaryl/α,β-unsaturated/α-hetero) is 1. The van der Waals surface area contributed by atoms with Gasteiger partial charge in [0.2, 0.25) is 0 Å². The second-order valence-corrected chi connectivity index (χ2v) is 1.93. The van der Waals surface area contributed by atoms with E-state index in [-0.39, 0.29) is 0 Å². The van der Waals surface area contributed by atoms with Gasteiger partial charge in [0, 0.05) is 5.18 Å². The van der Waals surface area contributed by atoms with Crippen LogP contribution in [0.5, 0.6) is 0 Å². The van der Waals surface area contributed by atoms with Crippen LogP contribution in [0.3, 0.4) is 0 Å². The van der Waals surface area contributed by atoms with Crippen LogP contribution < -0.4 is 0 Å². The number of amides is 1. The van der Waals surface area contributed by atoms with Crippen LogP contribution in [0.2, 0.25) is 0 Å². The van der Waals surface area contributed by atoms with Crippen LogP contribution in [-0.2, 0) is 9.59 Å². The van der Waals surface area contributed by atoms with Crippen molar-refractivity contribution < 1.29 is 19.8 Å². The van der Waals surface area contributed by atoms with Gasteiger partial charge in [-0.1, -0.05) is 0 Å². The molecule has 62 valence electrons. The maximum Gasteiger partial charge on any atom is 0.317 e. The normalized spacial score (nSPS) is 15.2. The summed E-state index contributed by atoms with van der Waals surface area (Å²) in [4.78, 5) is 30.0. The molecule has 0 rings (SSSR count). The first-order valence-corrected chi connectivity index (χ1v) is 2.74. The SMILES string of the molecule is CC(=O)[C@H](O)[C@@H](O)C(=O)N=O. The Balaban J connectivity index is 4.23. The number of aliphatic hydroxyl groups is 2. The molecular weight excluding hydrogens is 154 g/mol. The summed E-state index contributed by atoms with van der Waals surface area (Å²) in [6.07, 6.45) is -3.90. The van der Waals surface area contributed by atoms with Crippen LogP contribution in [0.4, 0.5) is 0 Å². The van der Waals surface area contributed by atoms with Crippen LogP contribution in [0.15, 0.2) is 5.18 Å². The predicted octanol–water partition coefficient (Wildman–Crippen LogP) is -1.41. The minimum atomic E-state index is -2.04. The number of hydrogen-bond donors (Lipinski definition) is 2. The van der Waals surface area contributed by atoms with Gasteiger partial charge in [0.1, 0.15) is 6.10 Å². The highest BCUT2D eigenvalue weighted by atomic mass is 16.4. The maximum absolute atomic E-state index is 10.3. The van der Waals surface area contributed by atoms with Crippen LogP contribution in [-0.4, -0.2) is 34.1 Å². The van der Waals surface area contributed by atoms with Crippen molar-refractivity contribution in [3.63, 3.8) is 0 Å². The average molecular weight is 161 g/mol. The number of carbonyl (C=O) groups excluding carboxylic acids is 2. The van der Waals surface area contributed by atoms with Gasteiger partial charge < -0.3 is 10.2 Å². The molecule has 0 aromatic heterocycles. The van der Waals surface area contributed by atoms with Gasteiger partial charge in [-0.15, -0.1) is 4.91 Å². The lowest BCUT2D eigenvalue weighted by atomic mass is 10.1. The lowest BCUT2D eigenvalue weighted by Crippen LogP contribution is -2.37. The molecule has 2 atom stereocenters. The Morgan fingerprint density at radius 3 is 2.00 bits per heavy atom.